The van der Waals surface area contributed by atoms with Gasteiger partial charge >= 0.3 is 0 Å². The average molecular weight is 280 g/mol. The van der Waals surface area contributed by atoms with Crippen LogP contribution in [0.4, 0.5) is 5.69 Å². The largest absolute Gasteiger partial charge is 0.493 e. The van der Waals surface area contributed by atoms with E-state index < -0.39 is 0 Å². The Morgan fingerprint density at radius 2 is 1.75 bits per heavy atom. The molecule has 0 aliphatic carbocycles. The number of ether oxygens (including phenoxy) is 2. The van der Waals surface area contributed by atoms with Crippen molar-refractivity contribution < 1.29 is 14.3 Å². The number of anilines is 1. The number of hydrogen-bond acceptors (Lipinski definition) is 4. The molecule has 0 radical (unpaired) electrons. The minimum Gasteiger partial charge on any atom is -0.493 e. The molecule has 0 aliphatic heterocycles. The molecule has 0 spiro atoms. The van der Waals surface area contributed by atoms with Crippen LogP contribution < -0.4 is 20.1 Å². The first kappa shape index (κ1) is 16.1. The van der Waals surface area contributed by atoms with Gasteiger partial charge in [0.2, 0.25) is 5.91 Å². The maximum atomic E-state index is 12.0. The quantitative estimate of drug-likeness (QED) is 0.869. The summed E-state index contributed by atoms with van der Waals surface area (Å²) in [5.41, 5.74) is 0.559. The third-order valence-corrected chi connectivity index (χ3v) is 2.66. The summed E-state index contributed by atoms with van der Waals surface area (Å²) in [4.78, 5) is 12.0. The minimum atomic E-state index is -0.340. The molecule has 5 nitrogen and oxygen atoms in total. The van der Waals surface area contributed by atoms with Crippen molar-refractivity contribution >= 4 is 11.6 Å². The zero-order chi connectivity index (χ0) is 15.3. The van der Waals surface area contributed by atoms with Gasteiger partial charge in [-0.15, -0.1) is 0 Å². The van der Waals surface area contributed by atoms with Crippen LogP contribution >= 0.6 is 0 Å². The molecular formula is C15H24N2O3. The van der Waals surface area contributed by atoms with Crippen LogP contribution in [-0.2, 0) is 4.79 Å². The first-order valence-corrected chi connectivity index (χ1v) is 6.57. The van der Waals surface area contributed by atoms with Crippen molar-refractivity contribution in [2.24, 2.45) is 0 Å². The lowest BCUT2D eigenvalue weighted by atomic mass is 10.1. The van der Waals surface area contributed by atoms with Crippen LogP contribution in [0.25, 0.3) is 0 Å². The maximum Gasteiger partial charge on any atom is 0.242 e. The second kappa shape index (κ2) is 6.50. The fourth-order valence-corrected chi connectivity index (χ4v) is 1.72. The van der Waals surface area contributed by atoms with Crippen molar-refractivity contribution in [1.82, 2.24) is 5.32 Å². The van der Waals surface area contributed by atoms with E-state index in [1.165, 1.54) is 0 Å². The van der Waals surface area contributed by atoms with E-state index in [0.717, 1.165) is 5.69 Å². The second-order valence-electron chi connectivity index (χ2n) is 5.68. The summed E-state index contributed by atoms with van der Waals surface area (Å²) in [6.07, 6.45) is 0. The van der Waals surface area contributed by atoms with Gasteiger partial charge in [-0.2, -0.15) is 0 Å². The Bertz CT molecular complexity index is 467. The van der Waals surface area contributed by atoms with Crippen molar-refractivity contribution in [3.63, 3.8) is 0 Å². The number of hydrogen-bond donors (Lipinski definition) is 2. The van der Waals surface area contributed by atoms with Crippen LogP contribution in [0.5, 0.6) is 11.5 Å². The highest BCUT2D eigenvalue weighted by Gasteiger charge is 2.19. The van der Waals surface area contributed by atoms with Gasteiger partial charge in [-0.25, -0.2) is 0 Å². The summed E-state index contributed by atoms with van der Waals surface area (Å²) in [5, 5.41) is 6.08. The molecule has 0 saturated carbocycles. The molecule has 1 rings (SSSR count). The van der Waals surface area contributed by atoms with Gasteiger partial charge in [0.1, 0.15) is 6.04 Å². The summed E-state index contributed by atoms with van der Waals surface area (Å²) in [5.74, 6) is 1.23. The van der Waals surface area contributed by atoms with Gasteiger partial charge in [-0.1, -0.05) is 0 Å². The number of methoxy groups -OCH3 is 2. The van der Waals surface area contributed by atoms with Crippen molar-refractivity contribution in [2.45, 2.75) is 39.3 Å². The summed E-state index contributed by atoms with van der Waals surface area (Å²) >= 11 is 0. The van der Waals surface area contributed by atoms with Crippen LogP contribution in [0, 0.1) is 0 Å². The predicted octanol–water partition coefficient (Wildman–Crippen LogP) is 2.42. The van der Waals surface area contributed by atoms with E-state index >= 15 is 0 Å². The second-order valence-corrected chi connectivity index (χ2v) is 5.68. The lowest BCUT2D eigenvalue weighted by Gasteiger charge is -2.24. The van der Waals surface area contributed by atoms with Crippen molar-refractivity contribution in [2.75, 3.05) is 19.5 Å². The van der Waals surface area contributed by atoms with Crippen LogP contribution in [0.3, 0.4) is 0 Å². The zero-order valence-electron chi connectivity index (χ0n) is 13.0. The van der Waals surface area contributed by atoms with E-state index in [9.17, 15) is 4.79 Å². The third kappa shape index (κ3) is 4.64. The van der Waals surface area contributed by atoms with Crippen molar-refractivity contribution in [3.8, 4) is 11.5 Å². The van der Waals surface area contributed by atoms with Crippen molar-refractivity contribution in [1.29, 1.82) is 0 Å². The van der Waals surface area contributed by atoms with E-state index in [-0.39, 0.29) is 17.5 Å². The van der Waals surface area contributed by atoms with Gasteiger partial charge < -0.3 is 20.1 Å². The van der Waals surface area contributed by atoms with E-state index in [4.69, 9.17) is 9.47 Å². The zero-order valence-corrected chi connectivity index (χ0v) is 13.0. The molecule has 1 aromatic carbocycles. The monoisotopic (exact) mass is 280 g/mol. The number of benzene rings is 1. The molecule has 0 aromatic heterocycles. The molecule has 1 unspecified atom stereocenters. The predicted molar refractivity (Wildman–Crippen MR) is 80.5 cm³/mol. The first-order chi connectivity index (χ1) is 9.26. The Balaban J connectivity index is 2.75. The molecule has 20 heavy (non-hydrogen) atoms. The fourth-order valence-electron chi connectivity index (χ4n) is 1.72. The average Bonchev–Trinajstić information content (AvgIpc) is 2.36. The minimum absolute atomic E-state index is 0.0488. The smallest absolute Gasteiger partial charge is 0.242 e. The molecule has 0 heterocycles. The Hall–Kier alpha value is -1.91. The van der Waals surface area contributed by atoms with E-state index in [1.807, 2.05) is 33.8 Å². The molecule has 1 aromatic rings. The molecule has 2 N–H and O–H groups in total. The third-order valence-electron chi connectivity index (χ3n) is 2.66. The SMILES string of the molecule is COc1ccc(NC(C)C(=O)NC(C)(C)C)cc1OC. The molecule has 0 bridgehead atoms. The van der Waals surface area contributed by atoms with Crippen LogP contribution in [0.1, 0.15) is 27.7 Å². The molecular weight excluding hydrogens is 256 g/mol. The Morgan fingerprint density at radius 3 is 2.25 bits per heavy atom. The molecule has 0 fully saturated rings. The lowest BCUT2D eigenvalue weighted by Crippen LogP contribution is -2.47. The van der Waals surface area contributed by atoms with E-state index in [0.29, 0.717) is 11.5 Å². The van der Waals surface area contributed by atoms with Gasteiger partial charge in [0.25, 0.3) is 0 Å². The van der Waals surface area contributed by atoms with Crippen LogP contribution in [0.2, 0.25) is 0 Å². The summed E-state index contributed by atoms with van der Waals surface area (Å²) in [7, 11) is 3.17. The molecule has 1 atom stereocenters. The number of nitrogens with one attached hydrogen (secondary N) is 2. The number of carbonyl (C=O) groups is 1. The molecule has 1 amide bonds. The fraction of sp³-hybridized carbons (Fsp3) is 0.533. The lowest BCUT2D eigenvalue weighted by molar-refractivity contribution is -0.122. The number of amides is 1. The Morgan fingerprint density at radius 1 is 1.15 bits per heavy atom. The maximum absolute atomic E-state index is 12.0. The first-order valence-electron chi connectivity index (χ1n) is 6.57. The number of carbonyl (C=O) groups excluding carboxylic acids is 1. The Kier molecular flexibility index (Phi) is 5.25. The Labute approximate surface area is 120 Å². The molecule has 0 aliphatic rings. The van der Waals surface area contributed by atoms with Crippen LogP contribution in [-0.4, -0.2) is 31.7 Å². The van der Waals surface area contributed by atoms with Crippen LogP contribution in [0.15, 0.2) is 18.2 Å². The number of rotatable bonds is 5. The summed E-state index contributed by atoms with van der Waals surface area (Å²) in [6.45, 7) is 7.67. The normalized spacial score (nSPS) is 12.5. The highest BCUT2D eigenvalue weighted by molar-refractivity contribution is 5.84. The summed E-state index contributed by atoms with van der Waals surface area (Å²) < 4.78 is 10.4. The van der Waals surface area contributed by atoms with Gasteiger partial charge in [0.15, 0.2) is 11.5 Å². The molecule has 0 saturated heterocycles. The van der Waals surface area contributed by atoms with Gasteiger partial charge in [-0.3, -0.25) is 4.79 Å². The highest BCUT2D eigenvalue weighted by atomic mass is 16.5. The molecule has 112 valence electrons. The molecule has 5 heteroatoms. The topological polar surface area (TPSA) is 59.6 Å². The van der Waals surface area contributed by atoms with Gasteiger partial charge in [0, 0.05) is 17.3 Å². The van der Waals surface area contributed by atoms with Gasteiger partial charge in [-0.05, 0) is 39.8 Å². The van der Waals surface area contributed by atoms with Crippen molar-refractivity contribution in [3.05, 3.63) is 18.2 Å². The summed E-state index contributed by atoms with van der Waals surface area (Å²) in [6, 6.07) is 5.12. The standard InChI is InChI=1S/C15H24N2O3/c1-10(14(18)17-15(2,3)4)16-11-7-8-12(19-5)13(9-11)20-6/h7-10,16H,1-6H3,(H,17,18). The highest BCUT2D eigenvalue weighted by Crippen LogP contribution is 2.29. The van der Waals surface area contributed by atoms with E-state index in [2.05, 4.69) is 10.6 Å². The van der Waals surface area contributed by atoms with E-state index in [1.54, 1.807) is 26.4 Å². The van der Waals surface area contributed by atoms with Gasteiger partial charge in [0.05, 0.1) is 14.2 Å².